The number of alkyl halides is 3. The number of halogens is 3. The van der Waals surface area contributed by atoms with Gasteiger partial charge in [0.25, 0.3) is 0 Å². The third kappa shape index (κ3) is 1.43. The van der Waals surface area contributed by atoms with Gasteiger partial charge in [0.2, 0.25) is 0 Å². The quantitative estimate of drug-likeness (QED) is 0.558. The second-order valence-electron chi connectivity index (χ2n) is 1.55. The summed E-state index contributed by atoms with van der Waals surface area (Å²) < 4.78 is 42.3. The molecule has 0 bridgehead atoms. The molecule has 5 heteroatoms. The standard InChI is InChI=1S/C5H3F3N2/c6-5(7,8)4-1-9-3-10-2-4/h1-3H/i1D. The maximum absolute atomic E-state index is 11.8. The molecule has 0 amide bonds. The Kier molecular flexibility index (Phi) is 1.26. The van der Waals surface area contributed by atoms with Crippen molar-refractivity contribution in [2.75, 3.05) is 0 Å². The molecular formula is C5H3F3N2. The maximum Gasteiger partial charge on any atom is 0.419 e. The van der Waals surface area contributed by atoms with E-state index in [9.17, 15) is 13.2 Å². The Morgan fingerprint density at radius 2 is 2.10 bits per heavy atom. The molecule has 0 saturated heterocycles. The number of hydrogen-bond donors (Lipinski definition) is 0. The van der Waals surface area contributed by atoms with E-state index in [-0.39, 0.29) is 0 Å². The largest absolute Gasteiger partial charge is 0.419 e. The van der Waals surface area contributed by atoms with Crippen molar-refractivity contribution in [3.8, 4) is 0 Å². The van der Waals surface area contributed by atoms with E-state index in [0.29, 0.717) is 6.20 Å². The van der Waals surface area contributed by atoms with Crippen LogP contribution in [0.3, 0.4) is 0 Å². The zero-order valence-electron chi connectivity index (χ0n) is 5.68. The van der Waals surface area contributed by atoms with Gasteiger partial charge >= 0.3 is 6.18 Å². The van der Waals surface area contributed by atoms with Gasteiger partial charge in [-0.25, -0.2) is 9.97 Å². The molecule has 0 radical (unpaired) electrons. The molecule has 0 N–H and O–H groups in total. The topological polar surface area (TPSA) is 25.8 Å². The third-order valence-corrected chi connectivity index (χ3v) is 0.818. The second kappa shape index (κ2) is 2.24. The molecule has 0 atom stereocenters. The SMILES string of the molecule is [2H]c1ncncc1C(F)(F)F. The molecule has 2 nitrogen and oxygen atoms in total. The summed E-state index contributed by atoms with van der Waals surface area (Å²) in [5.74, 6) is 0. The molecule has 0 aliphatic rings. The van der Waals surface area contributed by atoms with Crippen LogP contribution in [0.2, 0.25) is 0 Å². The zero-order chi connectivity index (χ0) is 8.48. The van der Waals surface area contributed by atoms with Crippen molar-refractivity contribution < 1.29 is 14.5 Å². The molecule has 0 aliphatic carbocycles. The molecule has 1 aromatic heterocycles. The number of hydrogen-bond acceptors (Lipinski definition) is 2. The van der Waals surface area contributed by atoms with Crippen LogP contribution in [0.15, 0.2) is 18.7 Å². The Morgan fingerprint density at radius 1 is 1.40 bits per heavy atom. The van der Waals surface area contributed by atoms with Crippen molar-refractivity contribution in [1.29, 1.82) is 0 Å². The van der Waals surface area contributed by atoms with Crippen LogP contribution in [0.25, 0.3) is 0 Å². The fourth-order valence-electron chi connectivity index (χ4n) is 0.405. The van der Waals surface area contributed by atoms with Crippen molar-refractivity contribution in [2.24, 2.45) is 0 Å². The molecule has 10 heavy (non-hydrogen) atoms. The lowest BCUT2D eigenvalue weighted by molar-refractivity contribution is -0.138. The first-order valence-electron chi connectivity index (χ1n) is 2.85. The molecule has 1 aromatic rings. The molecule has 0 saturated carbocycles. The highest BCUT2D eigenvalue weighted by molar-refractivity contribution is 5.06. The Bertz CT molecular complexity index is 260. The van der Waals surface area contributed by atoms with Crippen LogP contribution in [0.4, 0.5) is 13.2 Å². The molecule has 54 valence electrons. The van der Waals surface area contributed by atoms with Gasteiger partial charge in [-0.1, -0.05) is 0 Å². The van der Waals surface area contributed by atoms with E-state index in [0.717, 1.165) is 6.33 Å². The minimum absolute atomic E-state index is 0.579. The lowest BCUT2D eigenvalue weighted by Crippen LogP contribution is -2.05. The fraction of sp³-hybridized carbons (Fsp3) is 0.200. The van der Waals surface area contributed by atoms with Gasteiger partial charge in [-0.2, -0.15) is 13.2 Å². The van der Waals surface area contributed by atoms with Gasteiger partial charge < -0.3 is 0 Å². The third-order valence-electron chi connectivity index (χ3n) is 0.818. The fourth-order valence-corrected chi connectivity index (χ4v) is 0.405. The summed E-state index contributed by atoms with van der Waals surface area (Å²) in [4.78, 5) is 6.24. The van der Waals surface area contributed by atoms with Gasteiger partial charge in [0.05, 0.1) is 6.93 Å². The van der Waals surface area contributed by atoms with Crippen LogP contribution in [0.1, 0.15) is 6.93 Å². The van der Waals surface area contributed by atoms with Gasteiger partial charge in [0.15, 0.2) is 0 Å². The average molecular weight is 149 g/mol. The van der Waals surface area contributed by atoms with Crippen molar-refractivity contribution in [2.45, 2.75) is 6.18 Å². The normalized spacial score (nSPS) is 12.9. The Hall–Kier alpha value is -1.13. The lowest BCUT2D eigenvalue weighted by atomic mass is 10.3. The minimum atomic E-state index is -4.53. The highest BCUT2D eigenvalue weighted by Gasteiger charge is 2.30. The molecule has 0 aromatic carbocycles. The molecule has 0 fully saturated rings. The van der Waals surface area contributed by atoms with E-state index < -0.39 is 17.9 Å². The Balaban J connectivity index is 3.14. The van der Waals surface area contributed by atoms with Crippen LogP contribution < -0.4 is 0 Å². The second-order valence-corrected chi connectivity index (χ2v) is 1.55. The maximum atomic E-state index is 11.8. The summed E-state index contributed by atoms with van der Waals surface area (Å²) in [5.41, 5.74) is -1.11. The first-order chi connectivity index (χ1) is 5.02. The van der Waals surface area contributed by atoms with Gasteiger partial charge in [-0.15, -0.1) is 0 Å². The van der Waals surface area contributed by atoms with E-state index in [2.05, 4.69) is 9.97 Å². The highest BCUT2D eigenvalue weighted by Crippen LogP contribution is 2.27. The van der Waals surface area contributed by atoms with Crippen LogP contribution >= 0.6 is 0 Å². The number of nitrogens with zero attached hydrogens (tertiary/aromatic N) is 2. The summed E-state index contributed by atoms with van der Waals surface area (Å²) in [6.45, 7) is 0. The number of rotatable bonds is 0. The number of aromatic nitrogens is 2. The molecule has 1 rings (SSSR count). The summed E-state index contributed by atoms with van der Waals surface area (Å²) in [6.07, 6.45) is -3.85. The first-order valence-corrected chi connectivity index (χ1v) is 2.35. The van der Waals surface area contributed by atoms with Crippen LogP contribution in [0.5, 0.6) is 0 Å². The van der Waals surface area contributed by atoms with Crippen molar-refractivity contribution in [1.82, 2.24) is 9.97 Å². The Morgan fingerprint density at radius 3 is 2.50 bits per heavy atom. The predicted molar refractivity (Wildman–Crippen MR) is 27.0 cm³/mol. The summed E-state index contributed by atoms with van der Waals surface area (Å²) >= 11 is 0. The van der Waals surface area contributed by atoms with Crippen LogP contribution in [0, 0.1) is 0 Å². The monoisotopic (exact) mass is 149 g/mol. The summed E-state index contributed by atoms with van der Waals surface area (Å²) in [6, 6.07) is 0. The van der Waals surface area contributed by atoms with Crippen molar-refractivity contribution in [3.63, 3.8) is 0 Å². The van der Waals surface area contributed by atoms with Crippen LogP contribution in [-0.2, 0) is 6.18 Å². The van der Waals surface area contributed by atoms with Crippen molar-refractivity contribution >= 4 is 0 Å². The van der Waals surface area contributed by atoms with Gasteiger partial charge in [0.1, 0.15) is 6.33 Å². The van der Waals surface area contributed by atoms with E-state index in [4.69, 9.17) is 1.37 Å². The van der Waals surface area contributed by atoms with Crippen LogP contribution in [-0.4, -0.2) is 9.97 Å². The molecular weight excluding hydrogens is 145 g/mol. The summed E-state index contributed by atoms with van der Waals surface area (Å²) in [5, 5.41) is 0. The van der Waals surface area contributed by atoms with Gasteiger partial charge in [-0.3, -0.25) is 0 Å². The predicted octanol–water partition coefficient (Wildman–Crippen LogP) is 1.50. The van der Waals surface area contributed by atoms with Crippen molar-refractivity contribution in [3.05, 3.63) is 24.3 Å². The zero-order valence-corrected chi connectivity index (χ0v) is 4.68. The van der Waals surface area contributed by atoms with E-state index in [1.54, 1.807) is 0 Å². The lowest BCUT2D eigenvalue weighted by Gasteiger charge is -2.02. The molecule has 0 spiro atoms. The summed E-state index contributed by atoms with van der Waals surface area (Å²) in [7, 11) is 0. The first kappa shape index (κ1) is 5.64. The molecule has 0 unspecified atom stereocenters. The minimum Gasteiger partial charge on any atom is -0.244 e. The highest BCUT2D eigenvalue weighted by atomic mass is 19.4. The van der Waals surface area contributed by atoms with E-state index in [1.165, 1.54) is 0 Å². The average Bonchev–Trinajstić information content (AvgIpc) is 1.86. The van der Waals surface area contributed by atoms with E-state index in [1.807, 2.05) is 0 Å². The van der Waals surface area contributed by atoms with E-state index >= 15 is 0 Å². The van der Waals surface area contributed by atoms with Gasteiger partial charge in [-0.05, 0) is 0 Å². The Labute approximate surface area is 56.1 Å². The molecule has 1 heterocycles. The smallest absolute Gasteiger partial charge is 0.244 e. The van der Waals surface area contributed by atoms with Gasteiger partial charge in [0, 0.05) is 12.4 Å². The molecule has 0 aliphatic heterocycles.